The number of sulfonamides is 1. The average molecular weight is 357 g/mol. The quantitative estimate of drug-likeness (QED) is 0.914. The van der Waals surface area contributed by atoms with Crippen LogP contribution in [0.3, 0.4) is 0 Å². The zero-order valence-electron chi connectivity index (χ0n) is 12.4. The highest BCUT2D eigenvalue weighted by Gasteiger charge is 2.21. The van der Waals surface area contributed by atoms with Crippen LogP contribution in [0.1, 0.15) is 6.92 Å². The molecule has 0 fully saturated rings. The molecular formula is C15H14ClFN2O3S. The Kier molecular flexibility index (Phi) is 4.91. The Hall–Kier alpha value is -2.12. The lowest BCUT2D eigenvalue weighted by molar-refractivity contribution is -0.116. The molecule has 0 unspecified atom stereocenters. The standard InChI is InChI=1S/C15H14ClFN2O3S/c1-10(20)19(2)14-8-7-11(17)9-13(14)18-23(21,22)15-6-4-3-5-12(15)16/h3-9,18H,1-2H3. The van der Waals surface area contributed by atoms with Crippen LogP contribution in [0.15, 0.2) is 47.4 Å². The van der Waals surface area contributed by atoms with Crippen molar-refractivity contribution in [2.75, 3.05) is 16.7 Å². The van der Waals surface area contributed by atoms with Gasteiger partial charge in [0.1, 0.15) is 10.7 Å². The fourth-order valence-electron chi connectivity index (χ4n) is 1.91. The van der Waals surface area contributed by atoms with E-state index in [1.54, 1.807) is 6.07 Å². The third-order valence-electron chi connectivity index (χ3n) is 3.16. The van der Waals surface area contributed by atoms with Crippen LogP contribution in [-0.2, 0) is 14.8 Å². The molecule has 0 radical (unpaired) electrons. The van der Waals surface area contributed by atoms with Crippen LogP contribution in [0.2, 0.25) is 5.02 Å². The summed E-state index contributed by atoms with van der Waals surface area (Å²) in [5.74, 6) is -0.961. The molecule has 8 heteroatoms. The van der Waals surface area contributed by atoms with Crippen molar-refractivity contribution >= 4 is 38.9 Å². The predicted octanol–water partition coefficient (Wildman–Crippen LogP) is 3.26. The molecule has 2 rings (SSSR count). The maximum absolute atomic E-state index is 13.5. The summed E-state index contributed by atoms with van der Waals surface area (Å²) in [5, 5.41) is 0.0397. The number of nitrogens with one attached hydrogen (secondary N) is 1. The van der Waals surface area contributed by atoms with E-state index in [4.69, 9.17) is 11.6 Å². The highest BCUT2D eigenvalue weighted by Crippen LogP contribution is 2.30. The van der Waals surface area contributed by atoms with Gasteiger partial charge in [-0.15, -0.1) is 0 Å². The number of anilines is 2. The lowest BCUT2D eigenvalue weighted by atomic mass is 10.2. The van der Waals surface area contributed by atoms with Crippen molar-refractivity contribution in [3.05, 3.63) is 53.3 Å². The Morgan fingerprint density at radius 1 is 1.22 bits per heavy atom. The summed E-state index contributed by atoms with van der Waals surface area (Å²) in [6.45, 7) is 1.32. The molecule has 2 aromatic carbocycles. The number of benzene rings is 2. The molecule has 0 bridgehead atoms. The molecule has 0 aromatic heterocycles. The van der Waals surface area contributed by atoms with Gasteiger partial charge in [-0.2, -0.15) is 0 Å². The summed E-state index contributed by atoms with van der Waals surface area (Å²) in [6.07, 6.45) is 0. The van der Waals surface area contributed by atoms with E-state index in [9.17, 15) is 17.6 Å². The van der Waals surface area contributed by atoms with Gasteiger partial charge >= 0.3 is 0 Å². The lowest BCUT2D eigenvalue weighted by Gasteiger charge is -2.20. The van der Waals surface area contributed by atoms with E-state index in [0.717, 1.165) is 12.1 Å². The van der Waals surface area contributed by atoms with Gasteiger partial charge in [0.25, 0.3) is 10.0 Å². The van der Waals surface area contributed by atoms with Gasteiger partial charge in [0, 0.05) is 20.0 Å². The minimum absolute atomic E-state index is 0.0397. The number of halogens is 2. The summed E-state index contributed by atoms with van der Waals surface area (Å²) in [4.78, 5) is 12.6. The second-order valence-corrected chi connectivity index (χ2v) is 6.83. The highest BCUT2D eigenvalue weighted by atomic mass is 35.5. The topological polar surface area (TPSA) is 66.5 Å². The van der Waals surface area contributed by atoms with Gasteiger partial charge < -0.3 is 4.90 Å². The van der Waals surface area contributed by atoms with Crippen molar-refractivity contribution in [3.8, 4) is 0 Å². The minimum Gasteiger partial charge on any atom is -0.314 e. The Labute approximate surface area is 138 Å². The first-order valence-corrected chi connectivity index (χ1v) is 8.39. The number of hydrogen-bond donors (Lipinski definition) is 1. The average Bonchev–Trinajstić information content (AvgIpc) is 2.46. The number of carbonyl (C=O) groups excluding carboxylic acids is 1. The number of carbonyl (C=O) groups is 1. The van der Waals surface area contributed by atoms with Gasteiger partial charge in [0.2, 0.25) is 5.91 Å². The van der Waals surface area contributed by atoms with Crippen LogP contribution < -0.4 is 9.62 Å². The summed E-state index contributed by atoms with van der Waals surface area (Å²) in [7, 11) is -2.57. The van der Waals surface area contributed by atoms with Crippen LogP contribution in [-0.4, -0.2) is 21.4 Å². The fraction of sp³-hybridized carbons (Fsp3) is 0.133. The van der Waals surface area contributed by atoms with Crippen molar-refractivity contribution in [1.82, 2.24) is 0 Å². The number of rotatable bonds is 4. The smallest absolute Gasteiger partial charge is 0.263 e. The van der Waals surface area contributed by atoms with Gasteiger partial charge in [0.05, 0.1) is 16.4 Å². The highest BCUT2D eigenvalue weighted by molar-refractivity contribution is 7.92. The number of amides is 1. The maximum Gasteiger partial charge on any atom is 0.263 e. The SMILES string of the molecule is CC(=O)N(C)c1ccc(F)cc1NS(=O)(=O)c1ccccc1Cl. The van der Waals surface area contributed by atoms with Gasteiger partial charge in [-0.3, -0.25) is 9.52 Å². The molecule has 23 heavy (non-hydrogen) atoms. The summed E-state index contributed by atoms with van der Waals surface area (Å²) < 4.78 is 40.7. The Balaban J connectivity index is 2.49. The van der Waals surface area contributed by atoms with E-state index in [2.05, 4.69) is 4.72 Å². The first-order chi connectivity index (χ1) is 10.7. The van der Waals surface area contributed by atoms with Crippen LogP contribution in [0.4, 0.5) is 15.8 Å². The van der Waals surface area contributed by atoms with Crippen LogP contribution in [0, 0.1) is 5.82 Å². The molecule has 0 saturated carbocycles. The van der Waals surface area contributed by atoms with Gasteiger partial charge in [-0.1, -0.05) is 23.7 Å². The van der Waals surface area contributed by atoms with Crippen molar-refractivity contribution in [2.24, 2.45) is 0 Å². The van der Waals surface area contributed by atoms with Crippen molar-refractivity contribution < 1.29 is 17.6 Å². The van der Waals surface area contributed by atoms with E-state index in [1.807, 2.05) is 0 Å². The molecule has 0 spiro atoms. The molecule has 1 amide bonds. The van der Waals surface area contributed by atoms with E-state index in [-0.39, 0.29) is 27.2 Å². The Morgan fingerprint density at radius 2 is 1.87 bits per heavy atom. The maximum atomic E-state index is 13.5. The molecule has 0 aliphatic heterocycles. The van der Waals surface area contributed by atoms with Crippen molar-refractivity contribution in [2.45, 2.75) is 11.8 Å². The Morgan fingerprint density at radius 3 is 2.48 bits per heavy atom. The molecule has 2 aromatic rings. The molecule has 1 N–H and O–H groups in total. The molecule has 0 saturated heterocycles. The molecule has 0 aliphatic carbocycles. The second-order valence-electron chi connectivity index (χ2n) is 4.78. The van der Waals surface area contributed by atoms with Gasteiger partial charge in [-0.05, 0) is 24.3 Å². The third kappa shape index (κ3) is 3.80. The first-order valence-electron chi connectivity index (χ1n) is 6.53. The molecule has 0 aliphatic rings. The Bertz CT molecular complexity index is 856. The molecule has 122 valence electrons. The summed E-state index contributed by atoms with van der Waals surface area (Å²) >= 11 is 5.90. The van der Waals surface area contributed by atoms with Crippen LogP contribution in [0.5, 0.6) is 0 Å². The molecule has 0 heterocycles. The number of hydrogen-bond acceptors (Lipinski definition) is 3. The zero-order chi connectivity index (χ0) is 17.2. The third-order valence-corrected chi connectivity index (χ3v) is 5.03. The predicted molar refractivity (Wildman–Crippen MR) is 87.7 cm³/mol. The molecule has 0 atom stereocenters. The van der Waals surface area contributed by atoms with Crippen molar-refractivity contribution in [1.29, 1.82) is 0 Å². The summed E-state index contributed by atoms with van der Waals surface area (Å²) in [5.41, 5.74) is 0.178. The van der Waals surface area contributed by atoms with Crippen molar-refractivity contribution in [3.63, 3.8) is 0 Å². The first kappa shape index (κ1) is 17.2. The van der Waals surface area contributed by atoms with E-state index >= 15 is 0 Å². The van der Waals surface area contributed by atoms with Crippen LogP contribution in [0.25, 0.3) is 0 Å². The van der Waals surface area contributed by atoms with Gasteiger partial charge in [0.15, 0.2) is 0 Å². The van der Waals surface area contributed by atoms with E-state index < -0.39 is 15.8 Å². The molecular weight excluding hydrogens is 343 g/mol. The second kappa shape index (κ2) is 6.55. The monoisotopic (exact) mass is 356 g/mol. The zero-order valence-corrected chi connectivity index (χ0v) is 14.0. The largest absolute Gasteiger partial charge is 0.314 e. The summed E-state index contributed by atoms with van der Waals surface area (Å²) in [6, 6.07) is 9.35. The minimum atomic E-state index is -4.03. The van der Waals surface area contributed by atoms with E-state index in [1.165, 1.54) is 43.1 Å². The van der Waals surface area contributed by atoms with Crippen LogP contribution >= 0.6 is 11.6 Å². The lowest BCUT2D eigenvalue weighted by Crippen LogP contribution is -2.25. The normalized spacial score (nSPS) is 11.1. The molecule has 5 nitrogen and oxygen atoms in total. The van der Waals surface area contributed by atoms with E-state index in [0.29, 0.717) is 0 Å². The van der Waals surface area contributed by atoms with Gasteiger partial charge in [-0.25, -0.2) is 12.8 Å². The fourth-order valence-corrected chi connectivity index (χ4v) is 3.50. The number of nitrogens with zero attached hydrogens (tertiary/aromatic N) is 1.